The molecule has 1 aromatic carbocycles. The number of amides is 2. The molecule has 2 aliphatic rings. The largest absolute Gasteiger partial charge is 0.507 e. The van der Waals surface area contributed by atoms with Gasteiger partial charge in [-0.3, -0.25) is 9.59 Å². The lowest BCUT2D eigenvalue weighted by Gasteiger charge is -2.47. The number of aromatic hydroxyl groups is 1. The molecule has 2 heterocycles. The SMILES string of the molecule is Cc1cccc(C(=O)N2CCC3(CCC(=O)N(C[C@@H](C)O)C3)CC2)c1O. The summed E-state index contributed by atoms with van der Waals surface area (Å²) in [5.74, 6) is 0.0395. The average molecular weight is 360 g/mol. The van der Waals surface area contributed by atoms with Crippen LogP contribution in [0.15, 0.2) is 18.2 Å². The van der Waals surface area contributed by atoms with E-state index in [-0.39, 0.29) is 23.0 Å². The van der Waals surface area contributed by atoms with Gasteiger partial charge in [-0.2, -0.15) is 0 Å². The van der Waals surface area contributed by atoms with Crippen LogP contribution in [0.1, 0.15) is 48.5 Å². The van der Waals surface area contributed by atoms with Gasteiger partial charge in [0.2, 0.25) is 5.91 Å². The molecule has 26 heavy (non-hydrogen) atoms. The number of piperidine rings is 2. The number of aliphatic hydroxyl groups excluding tert-OH is 1. The molecule has 1 aromatic rings. The number of hydrogen-bond donors (Lipinski definition) is 2. The number of benzene rings is 1. The van der Waals surface area contributed by atoms with Crippen molar-refractivity contribution in [2.24, 2.45) is 5.41 Å². The zero-order chi connectivity index (χ0) is 18.9. The first-order chi connectivity index (χ1) is 12.3. The van der Waals surface area contributed by atoms with E-state index in [9.17, 15) is 19.8 Å². The normalized spacial score (nSPS) is 21.1. The number of rotatable bonds is 3. The van der Waals surface area contributed by atoms with Gasteiger partial charge in [-0.15, -0.1) is 0 Å². The first-order valence-electron chi connectivity index (χ1n) is 9.35. The van der Waals surface area contributed by atoms with Gasteiger partial charge >= 0.3 is 0 Å². The average Bonchev–Trinajstić information content (AvgIpc) is 2.60. The van der Waals surface area contributed by atoms with E-state index in [1.54, 1.807) is 41.8 Å². The van der Waals surface area contributed by atoms with E-state index in [0.29, 0.717) is 43.7 Å². The first-order valence-corrected chi connectivity index (χ1v) is 9.35. The highest BCUT2D eigenvalue weighted by Crippen LogP contribution is 2.40. The lowest BCUT2D eigenvalue weighted by Crippen LogP contribution is -2.53. The minimum Gasteiger partial charge on any atom is -0.507 e. The number of nitrogens with zero attached hydrogens (tertiary/aromatic N) is 2. The number of carbonyl (C=O) groups excluding carboxylic acids is 2. The maximum absolute atomic E-state index is 12.8. The molecule has 2 fully saturated rings. The standard InChI is InChI=1S/C20H28N2O4/c1-14-4-3-5-16(18(14)25)19(26)21-10-8-20(9-11-21)7-6-17(24)22(13-20)12-15(2)23/h3-5,15,23,25H,6-13H2,1-2H3/t15-/m1/s1. The highest BCUT2D eigenvalue weighted by atomic mass is 16.3. The number of aryl methyl sites for hydroxylation is 1. The summed E-state index contributed by atoms with van der Waals surface area (Å²) in [6.45, 7) is 5.78. The van der Waals surface area contributed by atoms with E-state index >= 15 is 0 Å². The van der Waals surface area contributed by atoms with E-state index in [0.717, 1.165) is 19.3 Å². The minimum absolute atomic E-state index is 0.0359. The monoisotopic (exact) mass is 360 g/mol. The number of aliphatic hydroxyl groups is 1. The molecule has 0 aliphatic carbocycles. The molecule has 0 saturated carbocycles. The van der Waals surface area contributed by atoms with Crippen LogP contribution in [0.4, 0.5) is 0 Å². The number of carbonyl (C=O) groups is 2. The van der Waals surface area contributed by atoms with Gasteiger partial charge in [0.15, 0.2) is 0 Å². The van der Waals surface area contributed by atoms with Crippen LogP contribution in [0.3, 0.4) is 0 Å². The van der Waals surface area contributed by atoms with Gasteiger partial charge < -0.3 is 20.0 Å². The van der Waals surface area contributed by atoms with Crippen molar-refractivity contribution >= 4 is 11.8 Å². The molecule has 6 heteroatoms. The lowest BCUT2D eigenvalue weighted by atomic mass is 9.72. The molecule has 2 amide bonds. The Morgan fingerprint density at radius 3 is 2.62 bits per heavy atom. The fourth-order valence-corrected chi connectivity index (χ4v) is 4.18. The molecule has 2 N–H and O–H groups in total. The Hall–Kier alpha value is -2.08. The number of phenolic OH excluding ortho intramolecular Hbond substituents is 1. The van der Waals surface area contributed by atoms with Crippen molar-refractivity contribution in [3.63, 3.8) is 0 Å². The van der Waals surface area contributed by atoms with Gasteiger partial charge in [0.25, 0.3) is 5.91 Å². The van der Waals surface area contributed by atoms with Gasteiger partial charge in [-0.1, -0.05) is 12.1 Å². The van der Waals surface area contributed by atoms with Crippen LogP contribution in [0.25, 0.3) is 0 Å². The second-order valence-corrected chi connectivity index (χ2v) is 7.89. The van der Waals surface area contributed by atoms with Crippen molar-refractivity contribution in [2.75, 3.05) is 26.2 Å². The maximum Gasteiger partial charge on any atom is 0.257 e. The van der Waals surface area contributed by atoms with Crippen LogP contribution < -0.4 is 0 Å². The Bertz CT molecular complexity index is 693. The topological polar surface area (TPSA) is 81.1 Å². The van der Waals surface area contributed by atoms with Crippen molar-refractivity contribution in [2.45, 2.75) is 45.6 Å². The molecule has 1 spiro atoms. The van der Waals surface area contributed by atoms with E-state index in [2.05, 4.69) is 0 Å². The Morgan fingerprint density at radius 1 is 1.27 bits per heavy atom. The van der Waals surface area contributed by atoms with Gasteiger partial charge in [-0.25, -0.2) is 0 Å². The number of para-hydroxylation sites is 1. The van der Waals surface area contributed by atoms with E-state index in [1.807, 2.05) is 0 Å². The van der Waals surface area contributed by atoms with E-state index in [1.165, 1.54) is 0 Å². The highest BCUT2D eigenvalue weighted by molar-refractivity contribution is 5.97. The van der Waals surface area contributed by atoms with Crippen LogP contribution in [0.2, 0.25) is 0 Å². The summed E-state index contributed by atoms with van der Waals surface area (Å²) in [6, 6.07) is 5.24. The predicted octanol–water partition coefficient (Wildman–Crippen LogP) is 1.93. The van der Waals surface area contributed by atoms with Crippen molar-refractivity contribution in [1.82, 2.24) is 9.80 Å². The molecule has 0 radical (unpaired) electrons. The summed E-state index contributed by atoms with van der Waals surface area (Å²) in [7, 11) is 0. The summed E-state index contributed by atoms with van der Waals surface area (Å²) in [5.41, 5.74) is 1.09. The molecule has 0 bridgehead atoms. The molecule has 0 aromatic heterocycles. The fraction of sp³-hybridized carbons (Fsp3) is 0.600. The van der Waals surface area contributed by atoms with Crippen molar-refractivity contribution in [3.8, 4) is 5.75 Å². The van der Waals surface area contributed by atoms with Crippen LogP contribution in [0.5, 0.6) is 5.75 Å². The number of phenols is 1. The Kier molecular flexibility index (Phi) is 5.23. The second kappa shape index (κ2) is 7.27. The molecule has 1 atom stereocenters. The Labute approximate surface area is 154 Å². The lowest BCUT2D eigenvalue weighted by molar-refractivity contribution is -0.140. The summed E-state index contributed by atoms with van der Waals surface area (Å²) in [5, 5.41) is 19.8. The maximum atomic E-state index is 12.8. The zero-order valence-electron chi connectivity index (χ0n) is 15.6. The van der Waals surface area contributed by atoms with Crippen LogP contribution in [-0.2, 0) is 4.79 Å². The van der Waals surface area contributed by atoms with E-state index < -0.39 is 6.10 Å². The summed E-state index contributed by atoms with van der Waals surface area (Å²) < 4.78 is 0. The number of β-amino-alcohol motifs (C(OH)–C–C–N with tert-alkyl or cyclic N) is 1. The zero-order valence-corrected chi connectivity index (χ0v) is 15.6. The molecule has 2 saturated heterocycles. The molecular weight excluding hydrogens is 332 g/mol. The molecule has 3 rings (SSSR count). The summed E-state index contributed by atoms with van der Waals surface area (Å²) >= 11 is 0. The van der Waals surface area contributed by atoms with Crippen LogP contribution in [-0.4, -0.2) is 64.1 Å². The van der Waals surface area contributed by atoms with E-state index in [4.69, 9.17) is 0 Å². The fourth-order valence-electron chi connectivity index (χ4n) is 4.18. The third kappa shape index (κ3) is 3.70. The molecule has 0 unspecified atom stereocenters. The van der Waals surface area contributed by atoms with Gasteiger partial charge in [0.05, 0.1) is 11.7 Å². The highest BCUT2D eigenvalue weighted by Gasteiger charge is 2.42. The molecule has 6 nitrogen and oxygen atoms in total. The Morgan fingerprint density at radius 2 is 1.96 bits per heavy atom. The predicted molar refractivity (Wildman–Crippen MR) is 97.9 cm³/mol. The number of hydrogen-bond acceptors (Lipinski definition) is 4. The van der Waals surface area contributed by atoms with Crippen LogP contribution in [0, 0.1) is 12.3 Å². The van der Waals surface area contributed by atoms with Crippen molar-refractivity contribution < 1.29 is 19.8 Å². The third-order valence-corrected chi connectivity index (χ3v) is 5.81. The summed E-state index contributed by atoms with van der Waals surface area (Å²) in [4.78, 5) is 28.5. The molecular formula is C20H28N2O4. The summed E-state index contributed by atoms with van der Waals surface area (Å²) in [6.07, 6.45) is 2.52. The third-order valence-electron chi connectivity index (χ3n) is 5.81. The van der Waals surface area contributed by atoms with Gasteiger partial charge in [-0.05, 0) is 50.2 Å². The Balaban J connectivity index is 1.66. The smallest absolute Gasteiger partial charge is 0.257 e. The van der Waals surface area contributed by atoms with Crippen LogP contribution >= 0.6 is 0 Å². The van der Waals surface area contributed by atoms with Gasteiger partial charge in [0.1, 0.15) is 5.75 Å². The minimum atomic E-state index is -0.528. The quantitative estimate of drug-likeness (QED) is 0.863. The van der Waals surface area contributed by atoms with Gasteiger partial charge in [0, 0.05) is 32.6 Å². The number of likely N-dealkylation sites (tertiary alicyclic amines) is 2. The van der Waals surface area contributed by atoms with Crippen molar-refractivity contribution in [3.05, 3.63) is 29.3 Å². The molecule has 142 valence electrons. The molecule has 2 aliphatic heterocycles. The first kappa shape index (κ1) is 18.7. The second-order valence-electron chi connectivity index (χ2n) is 7.89. The van der Waals surface area contributed by atoms with Crippen molar-refractivity contribution in [1.29, 1.82) is 0 Å².